The Bertz CT molecular complexity index is 556. The van der Waals surface area contributed by atoms with Gasteiger partial charge in [-0.05, 0) is 37.8 Å². The summed E-state index contributed by atoms with van der Waals surface area (Å²) in [4.78, 5) is 12.4. The summed E-state index contributed by atoms with van der Waals surface area (Å²) in [5, 5.41) is 2.92. The first kappa shape index (κ1) is 21.2. The highest BCUT2D eigenvalue weighted by molar-refractivity contribution is 5.95. The number of hydrogen-bond acceptors (Lipinski definition) is 5. The lowest BCUT2D eigenvalue weighted by Crippen LogP contribution is -2.40. The van der Waals surface area contributed by atoms with Gasteiger partial charge >= 0.3 is 6.61 Å². The van der Waals surface area contributed by atoms with Crippen LogP contribution in [0.3, 0.4) is 0 Å². The molecule has 25 heavy (non-hydrogen) atoms. The van der Waals surface area contributed by atoms with Crippen molar-refractivity contribution in [3.05, 3.63) is 17.7 Å². The Balaban J connectivity index is 0.00000312. The molecule has 0 heterocycles. The largest absolute Gasteiger partial charge is 0.493 e. The average molecular weight is 381 g/mol. The van der Waals surface area contributed by atoms with Crippen LogP contribution in [0.25, 0.3) is 0 Å². The second kappa shape index (κ2) is 9.62. The van der Waals surface area contributed by atoms with Crippen molar-refractivity contribution in [3.8, 4) is 17.2 Å². The van der Waals surface area contributed by atoms with Gasteiger partial charge in [0.05, 0.1) is 14.2 Å². The van der Waals surface area contributed by atoms with Crippen LogP contribution in [-0.2, 0) is 0 Å². The summed E-state index contributed by atoms with van der Waals surface area (Å²) >= 11 is 0. The summed E-state index contributed by atoms with van der Waals surface area (Å²) in [5.41, 5.74) is 6.10. The first-order chi connectivity index (χ1) is 11.4. The predicted molar refractivity (Wildman–Crippen MR) is 91.1 cm³/mol. The van der Waals surface area contributed by atoms with E-state index in [1.165, 1.54) is 26.4 Å². The van der Waals surface area contributed by atoms with E-state index >= 15 is 0 Å². The molecule has 0 spiro atoms. The van der Waals surface area contributed by atoms with Crippen molar-refractivity contribution in [3.63, 3.8) is 0 Å². The molecule has 1 aliphatic carbocycles. The Kier molecular flexibility index (Phi) is 8.18. The average Bonchev–Trinajstić information content (AvgIpc) is 2.56. The number of nitrogens with two attached hydrogens (primary N) is 1. The molecule has 9 heteroatoms. The SMILES string of the molecule is COc1cc(C(=O)NC2CCC(N)CC2)cc(OC)c1OC(F)F.Cl. The number of amides is 1. The fraction of sp³-hybridized carbons (Fsp3) is 0.562. The van der Waals surface area contributed by atoms with E-state index in [4.69, 9.17) is 15.2 Å². The standard InChI is InChI=1S/C16H22F2N2O4.ClH/c1-22-12-7-9(8-13(23-2)14(12)24-16(17)18)15(21)20-11-5-3-10(19)4-6-11;/h7-8,10-11,16H,3-6,19H2,1-2H3,(H,20,21);1H. The van der Waals surface area contributed by atoms with Crippen molar-refractivity contribution >= 4 is 18.3 Å². The normalized spacial score (nSPS) is 19.8. The van der Waals surface area contributed by atoms with Crippen LogP contribution in [-0.4, -0.2) is 38.8 Å². The number of alkyl halides is 2. The molecular weight excluding hydrogens is 358 g/mol. The molecule has 1 fully saturated rings. The van der Waals surface area contributed by atoms with Gasteiger partial charge in [-0.3, -0.25) is 4.79 Å². The molecule has 6 nitrogen and oxygen atoms in total. The third-order valence-electron chi connectivity index (χ3n) is 4.04. The van der Waals surface area contributed by atoms with Crippen LogP contribution in [0.2, 0.25) is 0 Å². The number of carbonyl (C=O) groups is 1. The fourth-order valence-electron chi connectivity index (χ4n) is 2.75. The molecule has 0 aromatic heterocycles. The Hall–Kier alpha value is -1.80. The maximum atomic E-state index is 12.5. The number of benzene rings is 1. The lowest BCUT2D eigenvalue weighted by atomic mass is 9.91. The van der Waals surface area contributed by atoms with E-state index in [1.807, 2.05) is 0 Å². The van der Waals surface area contributed by atoms with Crippen LogP contribution in [0.4, 0.5) is 8.78 Å². The lowest BCUT2D eigenvalue weighted by molar-refractivity contribution is -0.0526. The van der Waals surface area contributed by atoms with Crippen molar-refractivity contribution in [2.24, 2.45) is 5.73 Å². The molecule has 1 saturated carbocycles. The second-order valence-corrected chi connectivity index (χ2v) is 5.67. The quantitative estimate of drug-likeness (QED) is 0.792. The zero-order valence-corrected chi connectivity index (χ0v) is 14.9. The lowest BCUT2D eigenvalue weighted by Gasteiger charge is -2.27. The maximum Gasteiger partial charge on any atom is 0.387 e. The Morgan fingerprint density at radius 1 is 1.16 bits per heavy atom. The first-order valence-electron chi connectivity index (χ1n) is 7.71. The van der Waals surface area contributed by atoms with Crippen LogP contribution < -0.4 is 25.3 Å². The predicted octanol–water partition coefficient (Wildman–Crippen LogP) is 2.73. The van der Waals surface area contributed by atoms with E-state index in [0.717, 1.165) is 25.7 Å². The molecule has 1 aliphatic rings. The van der Waals surface area contributed by atoms with Crippen molar-refractivity contribution in [1.82, 2.24) is 5.32 Å². The highest BCUT2D eigenvalue weighted by Gasteiger charge is 2.23. The zero-order valence-electron chi connectivity index (χ0n) is 14.1. The van der Waals surface area contributed by atoms with E-state index in [1.54, 1.807) is 0 Å². The highest BCUT2D eigenvalue weighted by Crippen LogP contribution is 2.39. The van der Waals surface area contributed by atoms with Gasteiger partial charge in [-0.1, -0.05) is 0 Å². The number of methoxy groups -OCH3 is 2. The van der Waals surface area contributed by atoms with Gasteiger partial charge in [0.2, 0.25) is 5.75 Å². The molecule has 1 amide bonds. The number of rotatable bonds is 6. The van der Waals surface area contributed by atoms with Crippen LogP contribution in [0.5, 0.6) is 17.2 Å². The summed E-state index contributed by atoms with van der Waals surface area (Å²) in [7, 11) is 2.61. The van der Waals surface area contributed by atoms with Crippen molar-refractivity contribution in [2.75, 3.05) is 14.2 Å². The number of ether oxygens (including phenoxy) is 3. The molecule has 0 radical (unpaired) electrons. The Morgan fingerprint density at radius 3 is 2.12 bits per heavy atom. The Labute approximate surface area is 151 Å². The van der Waals surface area contributed by atoms with E-state index in [-0.39, 0.29) is 53.2 Å². The minimum Gasteiger partial charge on any atom is -0.493 e. The first-order valence-corrected chi connectivity index (χ1v) is 7.71. The number of hydrogen-bond donors (Lipinski definition) is 2. The van der Waals surface area contributed by atoms with E-state index < -0.39 is 6.61 Å². The minimum atomic E-state index is -3.03. The van der Waals surface area contributed by atoms with Crippen LogP contribution in [0, 0.1) is 0 Å². The molecule has 0 saturated heterocycles. The molecular formula is C16H23ClF2N2O4. The van der Waals surface area contributed by atoms with Crippen molar-refractivity contribution in [1.29, 1.82) is 0 Å². The van der Waals surface area contributed by atoms with Crippen LogP contribution in [0.15, 0.2) is 12.1 Å². The highest BCUT2D eigenvalue weighted by atomic mass is 35.5. The van der Waals surface area contributed by atoms with Gasteiger partial charge in [0, 0.05) is 17.6 Å². The molecule has 0 aliphatic heterocycles. The minimum absolute atomic E-state index is 0. The van der Waals surface area contributed by atoms with Crippen molar-refractivity contribution < 1.29 is 27.8 Å². The van der Waals surface area contributed by atoms with Gasteiger partial charge in [-0.25, -0.2) is 0 Å². The third kappa shape index (κ3) is 5.61. The second-order valence-electron chi connectivity index (χ2n) is 5.67. The molecule has 0 bridgehead atoms. The molecule has 1 aromatic carbocycles. The molecule has 0 unspecified atom stereocenters. The van der Waals surface area contributed by atoms with Crippen LogP contribution in [0.1, 0.15) is 36.0 Å². The number of nitrogens with one attached hydrogen (secondary N) is 1. The maximum absolute atomic E-state index is 12.5. The van der Waals surface area contributed by atoms with Crippen LogP contribution >= 0.6 is 12.4 Å². The summed E-state index contributed by atoms with van der Waals surface area (Å²) in [6.07, 6.45) is 3.35. The summed E-state index contributed by atoms with van der Waals surface area (Å²) < 4.78 is 39.6. The molecule has 142 valence electrons. The van der Waals surface area contributed by atoms with E-state index in [9.17, 15) is 13.6 Å². The van der Waals surface area contributed by atoms with Gasteiger partial charge in [0.15, 0.2) is 11.5 Å². The molecule has 2 rings (SSSR count). The van der Waals surface area contributed by atoms with E-state index in [2.05, 4.69) is 10.1 Å². The van der Waals surface area contributed by atoms with Gasteiger partial charge in [0.25, 0.3) is 5.91 Å². The van der Waals surface area contributed by atoms with E-state index in [0.29, 0.717) is 0 Å². The molecule has 0 atom stereocenters. The zero-order chi connectivity index (χ0) is 17.7. The van der Waals surface area contributed by atoms with Gasteiger partial charge in [-0.2, -0.15) is 8.78 Å². The summed E-state index contributed by atoms with van der Waals surface area (Å²) in [5.74, 6) is -0.554. The van der Waals surface area contributed by atoms with Gasteiger partial charge < -0.3 is 25.3 Å². The van der Waals surface area contributed by atoms with Gasteiger partial charge in [0.1, 0.15) is 0 Å². The summed E-state index contributed by atoms with van der Waals surface area (Å²) in [6.45, 7) is -3.03. The van der Waals surface area contributed by atoms with Gasteiger partial charge in [-0.15, -0.1) is 12.4 Å². The fourth-order valence-corrected chi connectivity index (χ4v) is 2.75. The molecule has 1 aromatic rings. The smallest absolute Gasteiger partial charge is 0.387 e. The third-order valence-corrected chi connectivity index (χ3v) is 4.04. The molecule has 3 N–H and O–H groups in total. The topological polar surface area (TPSA) is 82.8 Å². The van der Waals surface area contributed by atoms with Crippen molar-refractivity contribution in [2.45, 2.75) is 44.4 Å². The number of carbonyl (C=O) groups excluding carboxylic acids is 1. The Morgan fingerprint density at radius 2 is 1.68 bits per heavy atom. The summed E-state index contributed by atoms with van der Waals surface area (Å²) in [6, 6.07) is 2.93. The number of halogens is 3. The monoisotopic (exact) mass is 380 g/mol.